The first-order chi connectivity index (χ1) is 9.01. The van der Waals surface area contributed by atoms with E-state index < -0.39 is 5.60 Å². The third-order valence-electron chi connectivity index (χ3n) is 3.45. The van der Waals surface area contributed by atoms with Crippen LogP contribution in [0.1, 0.15) is 30.5 Å². The molecule has 1 atom stereocenters. The number of aliphatic hydroxyl groups is 1. The summed E-state index contributed by atoms with van der Waals surface area (Å²) < 4.78 is 12.9. The molecule has 0 bridgehead atoms. The third-order valence-corrected chi connectivity index (χ3v) is 3.45. The number of halogens is 1. The van der Waals surface area contributed by atoms with Crippen LogP contribution in [-0.2, 0) is 18.4 Å². The third kappa shape index (κ3) is 3.42. The van der Waals surface area contributed by atoms with Gasteiger partial charge in [0.1, 0.15) is 5.82 Å². The molecule has 2 aromatic carbocycles. The monoisotopic (exact) mass is 258 g/mol. The van der Waals surface area contributed by atoms with Crippen LogP contribution in [0.2, 0.25) is 0 Å². The van der Waals surface area contributed by atoms with Gasteiger partial charge in [-0.05, 0) is 42.2 Å². The second-order valence-corrected chi connectivity index (χ2v) is 5.13. The summed E-state index contributed by atoms with van der Waals surface area (Å²) in [4.78, 5) is 0. The van der Waals surface area contributed by atoms with Crippen molar-refractivity contribution in [2.45, 2.75) is 32.3 Å². The van der Waals surface area contributed by atoms with E-state index in [4.69, 9.17) is 0 Å². The van der Waals surface area contributed by atoms with E-state index in [-0.39, 0.29) is 5.82 Å². The van der Waals surface area contributed by atoms with Gasteiger partial charge in [-0.25, -0.2) is 4.39 Å². The Morgan fingerprint density at radius 1 is 0.947 bits per heavy atom. The molecular formula is C17H19FO. The van der Waals surface area contributed by atoms with Crippen LogP contribution in [0.3, 0.4) is 0 Å². The van der Waals surface area contributed by atoms with E-state index in [1.54, 1.807) is 19.1 Å². The topological polar surface area (TPSA) is 20.2 Å². The zero-order chi connectivity index (χ0) is 13.9. The molecule has 0 fully saturated rings. The maximum absolute atomic E-state index is 12.9. The molecule has 2 heteroatoms. The van der Waals surface area contributed by atoms with Crippen LogP contribution in [0.15, 0.2) is 48.5 Å². The van der Waals surface area contributed by atoms with Gasteiger partial charge >= 0.3 is 0 Å². The van der Waals surface area contributed by atoms with E-state index >= 15 is 0 Å². The Bertz CT molecular complexity index is 526. The Hall–Kier alpha value is -1.67. The van der Waals surface area contributed by atoms with Crippen LogP contribution in [0.25, 0.3) is 0 Å². The van der Waals surface area contributed by atoms with Gasteiger partial charge < -0.3 is 5.11 Å². The number of rotatable bonds is 4. The van der Waals surface area contributed by atoms with Crippen molar-refractivity contribution in [3.8, 4) is 0 Å². The van der Waals surface area contributed by atoms with Crippen LogP contribution in [0.5, 0.6) is 0 Å². The van der Waals surface area contributed by atoms with Crippen LogP contribution in [-0.4, -0.2) is 5.11 Å². The second kappa shape index (κ2) is 5.54. The van der Waals surface area contributed by atoms with Gasteiger partial charge in [0.25, 0.3) is 0 Å². The minimum absolute atomic E-state index is 0.254. The number of aryl methyl sites for hydroxylation is 1. The molecule has 2 rings (SSSR count). The van der Waals surface area contributed by atoms with Crippen molar-refractivity contribution in [2.24, 2.45) is 0 Å². The fourth-order valence-electron chi connectivity index (χ4n) is 2.20. The van der Waals surface area contributed by atoms with Crippen molar-refractivity contribution < 1.29 is 9.50 Å². The van der Waals surface area contributed by atoms with E-state index in [0.29, 0.717) is 6.42 Å². The summed E-state index contributed by atoms with van der Waals surface area (Å²) in [6.45, 7) is 3.89. The molecule has 2 aromatic rings. The maximum Gasteiger partial charge on any atom is 0.123 e. The lowest BCUT2D eigenvalue weighted by atomic mass is 9.88. The molecule has 0 heterocycles. The minimum atomic E-state index is -0.940. The maximum atomic E-state index is 12.9. The van der Waals surface area contributed by atoms with E-state index in [1.807, 2.05) is 24.3 Å². The lowest BCUT2D eigenvalue weighted by molar-refractivity contribution is 0.0576. The molecule has 0 aromatic heterocycles. The van der Waals surface area contributed by atoms with Gasteiger partial charge in [0.05, 0.1) is 5.60 Å². The van der Waals surface area contributed by atoms with Gasteiger partial charge in [-0.15, -0.1) is 0 Å². The largest absolute Gasteiger partial charge is 0.385 e. The van der Waals surface area contributed by atoms with Gasteiger partial charge in [0.15, 0.2) is 0 Å². The highest BCUT2D eigenvalue weighted by molar-refractivity contribution is 5.29. The highest BCUT2D eigenvalue weighted by Crippen LogP contribution is 2.25. The summed E-state index contributed by atoms with van der Waals surface area (Å²) in [6, 6.07) is 14.3. The predicted molar refractivity (Wildman–Crippen MR) is 75.5 cm³/mol. The molecule has 0 aliphatic rings. The second-order valence-electron chi connectivity index (χ2n) is 5.13. The molecular weight excluding hydrogens is 239 g/mol. The molecule has 1 N–H and O–H groups in total. The zero-order valence-corrected chi connectivity index (χ0v) is 11.4. The average molecular weight is 258 g/mol. The molecule has 0 saturated heterocycles. The average Bonchev–Trinajstić information content (AvgIpc) is 2.41. The van der Waals surface area contributed by atoms with Crippen LogP contribution in [0, 0.1) is 5.82 Å². The van der Waals surface area contributed by atoms with Crippen molar-refractivity contribution in [1.82, 2.24) is 0 Å². The van der Waals surface area contributed by atoms with E-state index in [0.717, 1.165) is 17.5 Å². The van der Waals surface area contributed by atoms with E-state index in [9.17, 15) is 9.50 Å². The van der Waals surface area contributed by atoms with E-state index in [2.05, 4.69) is 6.92 Å². The van der Waals surface area contributed by atoms with Gasteiger partial charge in [0.2, 0.25) is 0 Å². The van der Waals surface area contributed by atoms with Crippen LogP contribution < -0.4 is 0 Å². The Morgan fingerprint density at radius 3 is 2.00 bits per heavy atom. The number of benzene rings is 2. The van der Waals surface area contributed by atoms with Crippen LogP contribution in [0.4, 0.5) is 4.39 Å². The lowest BCUT2D eigenvalue weighted by Gasteiger charge is -2.24. The molecule has 100 valence electrons. The van der Waals surface area contributed by atoms with Gasteiger partial charge in [-0.1, -0.05) is 43.3 Å². The summed E-state index contributed by atoms with van der Waals surface area (Å²) in [7, 11) is 0. The molecule has 0 radical (unpaired) electrons. The predicted octanol–water partition coefficient (Wildman–Crippen LogP) is 3.84. The van der Waals surface area contributed by atoms with Gasteiger partial charge in [0, 0.05) is 6.42 Å². The number of hydrogen-bond donors (Lipinski definition) is 1. The normalized spacial score (nSPS) is 14.1. The molecule has 0 saturated carbocycles. The molecule has 1 nitrogen and oxygen atoms in total. The summed E-state index contributed by atoms with van der Waals surface area (Å²) in [5.74, 6) is -0.254. The van der Waals surface area contributed by atoms with E-state index in [1.165, 1.54) is 17.7 Å². The van der Waals surface area contributed by atoms with Crippen molar-refractivity contribution in [3.63, 3.8) is 0 Å². The standard InChI is InChI=1S/C17H19FO/c1-3-13-4-8-15(9-5-13)17(2,19)12-14-6-10-16(18)11-7-14/h4-11,19H,3,12H2,1-2H3. The molecule has 1 unspecified atom stereocenters. The van der Waals surface area contributed by atoms with Crippen molar-refractivity contribution in [2.75, 3.05) is 0 Å². The molecule has 19 heavy (non-hydrogen) atoms. The first kappa shape index (κ1) is 13.8. The SMILES string of the molecule is CCc1ccc(C(C)(O)Cc2ccc(F)cc2)cc1. The summed E-state index contributed by atoms with van der Waals surface area (Å²) in [5, 5.41) is 10.6. The molecule has 0 aliphatic heterocycles. The Morgan fingerprint density at radius 2 is 1.47 bits per heavy atom. The summed E-state index contributed by atoms with van der Waals surface area (Å²) >= 11 is 0. The minimum Gasteiger partial charge on any atom is -0.385 e. The van der Waals surface area contributed by atoms with Crippen molar-refractivity contribution in [1.29, 1.82) is 0 Å². The smallest absolute Gasteiger partial charge is 0.123 e. The number of hydrogen-bond acceptors (Lipinski definition) is 1. The Labute approximate surface area is 113 Å². The first-order valence-electron chi connectivity index (χ1n) is 6.57. The van der Waals surface area contributed by atoms with Crippen LogP contribution >= 0.6 is 0 Å². The quantitative estimate of drug-likeness (QED) is 0.883. The van der Waals surface area contributed by atoms with Gasteiger partial charge in [-0.2, -0.15) is 0 Å². The van der Waals surface area contributed by atoms with Crippen molar-refractivity contribution in [3.05, 3.63) is 71.0 Å². The molecule has 0 amide bonds. The summed E-state index contributed by atoms with van der Waals surface area (Å²) in [6.07, 6.45) is 1.46. The zero-order valence-electron chi connectivity index (χ0n) is 11.4. The lowest BCUT2D eigenvalue weighted by Crippen LogP contribution is -2.24. The fraction of sp³-hybridized carbons (Fsp3) is 0.294. The van der Waals surface area contributed by atoms with Crippen molar-refractivity contribution >= 4 is 0 Å². The Balaban J connectivity index is 2.18. The highest BCUT2D eigenvalue weighted by Gasteiger charge is 2.23. The highest BCUT2D eigenvalue weighted by atomic mass is 19.1. The molecule has 0 aliphatic carbocycles. The van der Waals surface area contributed by atoms with Gasteiger partial charge in [-0.3, -0.25) is 0 Å². The summed E-state index contributed by atoms with van der Waals surface area (Å²) in [5.41, 5.74) is 2.12. The molecule has 0 spiro atoms. The first-order valence-corrected chi connectivity index (χ1v) is 6.57. The Kier molecular flexibility index (Phi) is 4.01. The fourth-order valence-corrected chi connectivity index (χ4v) is 2.20.